The van der Waals surface area contributed by atoms with Crippen LogP contribution in [0, 0.1) is 5.82 Å². The third-order valence-corrected chi connectivity index (χ3v) is 7.28. The highest BCUT2D eigenvalue weighted by atomic mass is 32.2. The van der Waals surface area contributed by atoms with Crippen LogP contribution in [-0.2, 0) is 6.61 Å². The lowest BCUT2D eigenvalue weighted by Gasteiger charge is -2.32. The molecule has 1 aliphatic carbocycles. The Kier molecular flexibility index (Phi) is 8.59. The summed E-state index contributed by atoms with van der Waals surface area (Å²) >= 11 is 2.92. The molecule has 0 spiro atoms. The molecule has 184 valence electrons. The van der Waals surface area contributed by atoms with Crippen LogP contribution in [0.2, 0.25) is 0 Å². The van der Waals surface area contributed by atoms with Gasteiger partial charge in [0, 0.05) is 22.0 Å². The number of aromatic nitrogens is 1. The number of nitrogens with zero attached hydrogens (tertiary/aromatic N) is 1. The Bertz CT molecular complexity index is 1160. The number of thiazole rings is 1. The molecule has 10 heteroatoms. The SMILES string of the molecule is CSc1ccc(NC(=O)N[C@H]2CCCC[C@H]2NC(=O)c2csc(COc3ccccc3F)n2)cc1. The van der Waals surface area contributed by atoms with Gasteiger partial charge in [-0.3, -0.25) is 4.79 Å². The number of urea groups is 1. The third kappa shape index (κ3) is 6.95. The van der Waals surface area contributed by atoms with E-state index in [2.05, 4.69) is 20.9 Å². The second-order valence-corrected chi connectivity index (χ2v) is 9.97. The van der Waals surface area contributed by atoms with E-state index in [1.807, 2.05) is 30.5 Å². The van der Waals surface area contributed by atoms with Crippen molar-refractivity contribution in [2.45, 2.75) is 49.3 Å². The number of halogens is 1. The van der Waals surface area contributed by atoms with Crippen LogP contribution in [0.1, 0.15) is 41.2 Å². The van der Waals surface area contributed by atoms with Crippen LogP contribution in [0.5, 0.6) is 5.75 Å². The van der Waals surface area contributed by atoms with Gasteiger partial charge in [-0.05, 0) is 55.5 Å². The Morgan fingerprint density at radius 1 is 1.09 bits per heavy atom. The van der Waals surface area contributed by atoms with Crippen molar-refractivity contribution in [2.75, 3.05) is 11.6 Å². The van der Waals surface area contributed by atoms with E-state index >= 15 is 0 Å². The molecule has 1 fully saturated rings. The molecule has 3 N–H and O–H groups in total. The molecular weight excluding hydrogens is 487 g/mol. The van der Waals surface area contributed by atoms with Gasteiger partial charge in [0.1, 0.15) is 17.3 Å². The van der Waals surface area contributed by atoms with E-state index in [4.69, 9.17) is 4.74 Å². The normalized spacial score (nSPS) is 17.4. The number of carbonyl (C=O) groups is 2. The molecule has 1 heterocycles. The first-order chi connectivity index (χ1) is 17.0. The zero-order valence-electron chi connectivity index (χ0n) is 19.3. The van der Waals surface area contributed by atoms with Crippen LogP contribution in [0.4, 0.5) is 14.9 Å². The van der Waals surface area contributed by atoms with Crippen molar-refractivity contribution in [1.82, 2.24) is 15.6 Å². The number of ether oxygens (including phenoxy) is 1. The zero-order chi connectivity index (χ0) is 24.6. The van der Waals surface area contributed by atoms with E-state index in [-0.39, 0.29) is 42.1 Å². The summed E-state index contributed by atoms with van der Waals surface area (Å²) in [5, 5.41) is 11.1. The van der Waals surface area contributed by atoms with Gasteiger partial charge in [0.2, 0.25) is 0 Å². The third-order valence-electron chi connectivity index (χ3n) is 5.72. The summed E-state index contributed by atoms with van der Waals surface area (Å²) < 4.78 is 19.2. The molecule has 3 aromatic rings. The first kappa shape index (κ1) is 25.0. The number of rotatable bonds is 8. The maximum absolute atomic E-state index is 13.7. The van der Waals surface area contributed by atoms with Crippen LogP contribution in [0.25, 0.3) is 0 Å². The van der Waals surface area contributed by atoms with Crippen molar-refractivity contribution >= 4 is 40.7 Å². The van der Waals surface area contributed by atoms with Gasteiger partial charge < -0.3 is 20.7 Å². The molecule has 35 heavy (non-hydrogen) atoms. The highest BCUT2D eigenvalue weighted by Gasteiger charge is 2.28. The van der Waals surface area contributed by atoms with Gasteiger partial charge in [-0.15, -0.1) is 23.1 Å². The molecule has 2 aromatic carbocycles. The molecular formula is C25H27FN4O3S2. The Morgan fingerprint density at radius 2 is 1.80 bits per heavy atom. The molecule has 0 aliphatic heterocycles. The Morgan fingerprint density at radius 3 is 2.51 bits per heavy atom. The lowest BCUT2D eigenvalue weighted by atomic mass is 9.90. The van der Waals surface area contributed by atoms with E-state index in [1.165, 1.54) is 17.4 Å². The summed E-state index contributed by atoms with van der Waals surface area (Å²) in [5.74, 6) is -0.604. The number of carbonyl (C=O) groups excluding carboxylic acids is 2. The average molecular weight is 515 g/mol. The van der Waals surface area contributed by atoms with Crippen molar-refractivity contribution in [2.24, 2.45) is 0 Å². The van der Waals surface area contributed by atoms with E-state index in [0.29, 0.717) is 10.7 Å². The minimum Gasteiger partial charge on any atom is -0.483 e. The molecule has 1 aromatic heterocycles. The quantitative estimate of drug-likeness (QED) is 0.348. The maximum atomic E-state index is 13.7. The molecule has 1 saturated carbocycles. The minimum absolute atomic E-state index is 0.0740. The van der Waals surface area contributed by atoms with Gasteiger partial charge in [0.25, 0.3) is 5.91 Å². The average Bonchev–Trinajstić information content (AvgIpc) is 3.34. The molecule has 3 amide bonds. The fraction of sp³-hybridized carbons (Fsp3) is 0.320. The minimum atomic E-state index is -0.445. The molecule has 0 unspecified atom stereocenters. The Hall–Kier alpha value is -3.11. The standard InChI is InChI=1S/C25H27FN4O3S2/c1-34-17-12-10-16(11-13-17)27-25(32)30-20-8-4-3-7-19(20)29-24(31)21-15-35-23(28-21)14-33-22-9-5-2-6-18(22)26/h2,5-6,9-13,15,19-20H,3-4,7-8,14H2,1H3,(H,29,31)(H2,27,30,32)/t19-,20+/m1/s1. The molecule has 0 bridgehead atoms. The lowest BCUT2D eigenvalue weighted by Crippen LogP contribution is -2.54. The molecule has 2 atom stereocenters. The van der Waals surface area contributed by atoms with Crippen molar-refractivity contribution in [3.05, 3.63) is 70.4 Å². The fourth-order valence-electron chi connectivity index (χ4n) is 3.91. The fourth-order valence-corrected chi connectivity index (χ4v) is 5.01. The Labute approximate surface area is 211 Å². The van der Waals surface area contributed by atoms with Gasteiger partial charge in [-0.2, -0.15) is 0 Å². The van der Waals surface area contributed by atoms with Crippen LogP contribution < -0.4 is 20.7 Å². The van der Waals surface area contributed by atoms with Crippen molar-refractivity contribution in [3.63, 3.8) is 0 Å². The monoisotopic (exact) mass is 514 g/mol. The van der Waals surface area contributed by atoms with E-state index in [9.17, 15) is 14.0 Å². The molecule has 0 saturated heterocycles. The zero-order valence-corrected chi connectivity index (χ0v) is 20.9. The van der Waals surface area contributed by atoms with Crippen molar-refractivity contribution < 1.29 is 18.7 Å². The van der Waals surface area contributed by atoms with Crippen molar-refractivity contribution in [3.8, 4) is 5.75 Å². The summed E-state index contributed by atoms with van der Waals surface area (Å²) in [6.45, 7) is 0.0740. The number of thioether (sulfide) groups is 1. The number of hydrogen-bond donors (Lipinski definition) is 3. The number of hydrogen-bond acceptors (Lipinski definition) is 6. The van der Waals surface area contributed by atoms with Gasteiger partial charge in [0.15, 0.2) is 11.6 Å². The van der Waals surface area contributed by atoms with Crippen LogP contribution in [-0.4, -0.2) is 35.3 Å². The maximum Gasteiger partial charge on any atom is 0.319 e. The highest BCUT2D eigenvalue weighted by Crippen LogP contribution is 2.22. The molecule has 7 nitrogen and oxygen atoms in total. The summed E-state index contributed by atoms with van der Waals surface area (Å²) in [6, 6.07) is 13.1. The van der Waals surface area contributed by atoms with Gasteiger partial charge in [-0.1, -0.05) is 25.0 Å². The lowest BCUT2D eigenvalue weighted by molar-refractivity contribution is 0.0911. The van der Waals surface area contributed by atoms with Crippen LogP contribution in [0.3, 0.4) is 0 Å². The first-order valence-corrected chi connectivity index (χ1v) is 13.5. The number of benzene rings is 2. The van der Waals surface area contributed by atoms with Gasteiger partial charge >= 0.3 is 6.03 Å². The summed E-state index contributed by atoms with van der Waals surface area (Å²) in [5.41, 5.74) is 0.995. The van der Waals surface area contributed by atoms with E-state index in [0.717, 1.165) is 30.6 Å². The number of nitrogens with one attached hydrogen (secondary N) is 3. The van der Waals surface area contributed by atoms with Gasteiger partial charge in [0.05, 0.1) is 6.04 Å². The predicted octanol–water partition coefficient (Wildman–Crippen LogP) is 5.45. The smallest absolute Gasteiger partial charge is 0.319 e. The number of para-hydroxylation sites is 1. The largest absolute Gasteiger partial charge is 0.483 e. The van der Waals surface area contributed by atoms with Gasteiger partial charge in [-0.25, -0.2) is 14.2 Å². The van der Waals surface area contributed by atoms with Crippen molar-refractivity contribution in [1.29, 1.82) is 0 Å². The number of anilines is 1. The summed E-state index contributed by atoms with van der Waals surface area (Å²) in [4.78, 5) is 30.9. The predicted molar refractivity (Wildman–Crippen MR) is 137 cm³/mol. The summed E-state index contributed by atoms with van der Waals surface area (Å²) in [6.07, 6.45) is 5.50. The number of amides is 3. The van der Waals surface area contributed by atoms with Crippen LogP contribution in [0.15, 0.2) is 58.8 Å². The molecule has 4 rings (SSSR count). The second-order valence-electron chi connectivity index (χ2n) is 8.14. The Balaban J connectivity index is 1.31. The first-order valence-electron chi connectivity index (χ1n) is 11.4. The van der Waals surface area contributed by atoms with E-state index < -0.39 is 5.82 Å². The topological polar surface area (TPSA) is 92.4 Å². The second kappa shape index (κ2) is 12.0. The molecule has 0 radical (unpaired) electrons. The van der Waals surface area contributed by atoms with Crippen LogP contribution >= 0.6 is 23.1 Å². The highest BCUT2D eigenvalue weighted by molar-refractivity contribution is 7.98. The van der Waals surface area contributed by atoms with E-state index in [1.54, 1.807) is 35.3 Å². The molecule has 1 aliphatic rings. The summed E-state index contributed by atoms with van der Waals surface area (Å²) in [7, 11) is 0.